The van der Waals surface area contributed by atoms with Gasteiger partial charge in [-0.1, -0.05) is 42.5 Å². The van der Waals surface area contributed by atoms with Crippen molar-refractivity contribution in [3.05, 3.63) is 48.0 Å². The lowest BCUT2D eigenvalue weighted by Gasteiger charge is -2.26. The first-order valence-electron chi connectivity index (χ1n) is 6.53. The number of hydrogen-bond acceptors (Lipinski definition) is 3. The quantitative estimate of drug-likeness (QED) is 0.842. The Bertz CT molecular complexity index is 675. The average Bonchev–Trinajstić information content (AvgIpc) is 2.42. The summed E-state index contributed by atoms with van der Waals surface area (Å²) in [7, 11) is -2.79. The molecule has 0 radical (unpaired) electrons. The van der Waals surface area contributed by atoms with Gasteiger partial charge in [0.05, 0.1) is 11.5 Å². The summed E-state index contributed by atoms with van der Waals surface area (Å²) in [5.74, 6) is 0.579. The van der Waals surface area contributed by atoms with Gasteiger partial charge < -0.3 is 0 Å². The van der Waals surface area contributed by atoms with Gasteiger partial charge in [0.2, 0.25) is 0 Å². The Balaban J connectivity index is 1.83. The first-order chi connectivity index (χ1) is 9.14. The minimum absolute atomic E-state index is 0.289. The molecule has 0 aliphatic carbocycles. The van der Waals surface area contributed by atoms with E-state index in [1.807, 2.05) is 12.1 Å². The average molecular weight is 275 g/mol. The van der Waals surface area contributed by atoms with E-state index in [1.54, 1.807) is 0 Å². The molecule has 0 spiro atoms. The zero-order valence-electron chi connectivity index (χ0n) is 10.7. The summed E-state index contributed by atoms with van der Waals surface area (Å²) in [5.41, 5.74) is 1.28. The zero-order chi connectivity index (χ0) is 13.3. The first-order valence-corrected chi connectivity index (χ1v) is 8.36. The van der Waals surface area contributed by atoms with Crippen LogP contribution in [0.2, 0.25) is 0 Å². The van der Waals surface area contributed by atoms with Gasteiger partial charge in [-0.15, -0.1) is 0 Å². The van der Waals surface area contributed by atoms with Crippen LogP contribution in [0.4, 0.5) is 0 Å². The summed E-state index contributed by atoms with van der Waals surface area (Å²) in [4.78, 5) is 2.23. The van der Waals surface area contributed by atoms with Crippen LogP contribution in [0, 0.1) is 0 Å². The Kier molecular flexibility index (Phi) is 3.29. The maximum absolute atomic E-state index is 11.4. The van der Waals surface area contributed by atoms with E-state index in [-0.39, 0.29) is 11.5 Å². The molecule has 1 aliphatic rings. The molecule has 4 heteroatoms. The van der Waals surface area contributed by atoms with E-state index in [4.69, 9.17) is 0 Å². The molecule has 1 heterocycles. The highest BCUT2D eigenvalue weighted by Crippen LogP contribution is 2.20. The molecule has 2 aromatic carbocycles. The Hall–Kier alpha value is -1.39. The summed E-state index contributed by atoms with van der Waals surface area (Å²) in [6.45, 7) is 2.12. The minimum Gasteiger partial charge on any atom is -0.297 e. The normalized spacial score (nSPS) is 19.6. The highest BCUT2D eigenvalue weighted by Gasteiger charge is 2.21. The van der Waals surface area contributed by atoms with Gasteiger partial charge in [0, 0.05) is 19.6 Å². The molecule has 0 aromatic heterocycles. The lowest BCUT2D eigenvalue weighted by molar-refractivity contribution is 0.288. The van der Waals surface area contributed by atoms with Gasteiger partial charge in [-0.3, -0.25) is 4.90 Å². The number of fused-ring (bicyclic) bond motifs is 1. The molecule has 3 nitrogen and oxygen atoms in total. The van der Waals surface area contributed by atoms with Crippen molar-refractivity contribution < 1.29 is 8.42 Å². The van der Waals surface area contributed by atoms with E-state index in [9.17, 15) is 8.42 Å². The smallest absolute Gasteiger partial charge is 0.152 e. The monoisotopic (exact) mass is 275 g/mol. The van der Waals surface area contributed by atoms with E-state index < -0.39 is 9.84 Å². The van der Waals surface area contributed by atoms with Gasteiger partial charge in [0.15, 0.2) is 9.84 Å². The van der Waals surface area contributed by atoms with Crippen molar-refractivity contribution in [3.63, 3.8) is 0 Å². The number of hydrogen-bond donors (Lipinski definition) is 0. The third-order valence-corrected chi connectivity index (χ3v) is 5.32. The number of nitrogens with zero attached hydrogens (tertiary/aromatic N) is 1. The number of sulfone groups is 1. The van der Waals surface area contributed by atoms with Crippen LogP contribution >= 0.6 is 0 Å². The van der Waals surface area contributed by atoms with Crippen molar-refractivity contribution in [1.82, 2.24) is 4.90 Å². The molecule has 1 aliphatic heterocycles. The van der Waals surface area contributed by atoms with Crippen LogP contribution in [0.15, 0.2) is 42.5 Å². The fourth-order valence-corrected chi connectivity index (χ4v) is 3.86. The van der Waals surface area contributed by atoms with Crippen LogP contribution in [-0.4, -0.2) is 37.9 Å². The van der Waals surface area contributed by atoms with Crippen LogP contribution < -0.4 is 0 Å². The topological polar surface area (TPSA) is 37.4 Å². The van der Waals surface area contributed by atoms with Gasteiger partial charge >= 0.3 is 0 Å². The molecule has 0 unspecified atom stereocenters. The molecule has 1 fully saturated rings. The Labute approximate surface area is 113 Å². The maximum atomic E-state index is 11.4. The molecule has 0 saturated carbocycles. The molecule has 3 rings (SSSR count). The fraction of sp³-hybridized carbons (Fsp3) is 0.333. The van der Waals surface area contributed by atoms with Crippen LogP contribution in [0.25, 0.3) is 10.8 Å². The second kappa shape index (κ2) is 4.94. The van der Waals surface area contributed by atoms with E-state index in [2.05, 4.69) is 35.2 Å². The Morgan fingerprint density at radius 2 is 1.63 bits per heavy atom. The van der Waals surface area contributed by atoms with Crippen LogP contribution in [0.3, 0.4) is 0 Å². The van der Waals surface area contributed by atoms with Gasteiger partial charge in [0.25, 0.3) is 0 Å². The summed E-state index contributed by atoms with van der Waals surface area (Å²) in [6, 6.07) is 14.6. The molecule has 100 valence electrons. The highest BCUT2D eigenvalue weighted by molar-refractivity contribution is 7.91. The van der Waals surface area contributed by atoms with Crippen molar-refractivity contribution in [3.8, 4) is 0 Å². The minimum atomic E-state index is -2.79. The molecular weight excluding hydrogens is 258 g/mol. The van der Waals surface area contributed by atoms with E-state index >= 15 is 0 Å². The predicted octanol–water partition coefficient (Wildman–Crippen LogP) is 2.07. The summed E-state index contributed by atoms with van der Waals surface area (Å²) in [6.07, 6.45) is 0. The van der Waals surface area contributed by atoms with Crippen LogP contribution in [-0.2, 0) is 16.4 Å². The van der Waals surface area contributed by atoms with Gasteiger partial charge in [-0.25, -0.2) is 8.42 Å². The van der Waals surface area contributed by atoms with E-state index in [1.165, 1.54) is 16.3 Å². The summed E-state index contributed by atoms with van der Waals surface area (Å²) < 4.78 is 22.9. The van der Waals surface area contributed by atoms with E-state index in [0.29, 0.717) is 13.1 Å². The zero-order valence-corrected chi connectivity index (χ0v) is 11.6. The second-order valence-electron chi connectivity index (χ2n) is 5.07. The van der Waals surface area contributed by atoms with Gasteiger partial charge in [-0.05, 0) is 16.3 Å². The Morgan fingerprint density at radius 1 is 0.947 bits per heavy atom. The molecular formula is C15H17NO2S. The van der Waals surface area contributed by atoms with Crippen LogP contribution in [0.5, 0.6) is 0 Å². The van der Waals surface area contributed by atoms with Crippen molar-refractivity contribution in [1.29, 1.82) is 0 Å². The van der Waals surface area contributed by atoms with Crippen LogP contribution in [0.1, 0.15) is 5.56 Å². The molecule has 0 N–H and O–H groups in total. The lowest BCUT2D eigenvalue weighted by Crippen LogP contribution is -2.39. The SMILES string of the molecule is O=S1(=O)CCN(Cc2cccc3ccccc23)CC1. The molecule has 19 heavy (non-hydrogen) atoms. The van der Waals surface area contributed by atoms with E-state index in [0.717, 1.165) is 6.54 Å². The maximum Gasteiger partial charge on any atom is 0.152 e. The third kappa shape index (κ3) is 2.80. The number of rotatable bonds is 2. The standard InChI is InChI=1S/C15H17NO2S/c17-19(18)10-8-16(9-11-19)12-14-6-3-5-13-4-1-2-7-15(13)14/h1-7H,8-12H2. The summed E-state index contributed by atoms with van der Waals surface area (Å²) in [5, 5.41) is 2.50. The molecule has 2 aromatic rings. The van der Waals surface area contributed by atoms with Gasteiger partial charge in [0.1, 0.15) is 0 Å². The first kappa shape index (κ1) is 12.6. The Morgan fingerprint density at radius 3 is 2.42 bits per heavy atom. The molecule has 0 bridgehead atoms. The van der Waals surface area contributed by atoms with Crippen molar-refractivity contribution >= 4 is 20.6 Å². The van der Waals surface area contributed by atoms with Crippen molar-refractivity contribution in [2.75, 3.05) is 24.6 Å². The van der Waals surface area contributed by atoms with Crippen molar-refractivity contribution in [2.45, 2.75) is 6.54 Å². The fourth-order valence-electron chi connectivity index (χ4n) is 2.58. The van der Waals surface area contributed by atoms with Gasteiger partial charge in [-0.2, -0.15) is 0 Å². The van der Waals surface area contributed by atoms with Crippen molar-refractivity contribution in [2.24, 2.45) is 0 Å². The summed E-state index contributed by atoms with van der Waals surface area (Å²) >= 11 is 0. The predicted molar refractivity (Wildman–Crippen MR) is 77.9 cm³/mol. The second-order valence-corrected chi connectivity index (χ2v) is 7.37. The highest BCUT2D eigenvalue weighted by atomic mass is 32.2. The molecule has 1 saturated heterocycles. The molecule has 0 atom stereocenters. The number of benzene rings is 2. The molecule has 0 amide bonds. The lowest BCUT2D eigenvalue weighted by atomic mass is 10.0. The largest absolute Gasteiger partial charge is 0.297 e. The third-order valence-electron chi connectivity index (χ3n) is 3.71.